The van der Waals surface area contributed by atoms with Gasteiger partial charge < -0.3 is 10.0 Å². The van der Waals surface area contributed by atoms with Gasteiger partial charge in [-0.2, -0.15) is 0 Å². The molecular weight excluding hydrogens is 390 g/mol. The van der Waals surface area contributed by atoms with Gasteiger partial charge in [0.25, 0.3) is 0 Å². The number of allylic oxidation sites excluding steroid dienone is 1. The predicted octanol–water partition coefficient (Wildman–Crippen LogP) is 10.2. The summed E-state index contributed by atoms with van der Waals surface area (Å²) in [6.45, 7) is 14.3. The minimum absolute atomic E-state index is 0.343. The molecule has 0 aromatic heterocycles. The summed E-state index contributed by atoms with van der Waals surface area (Å²) in [5.74, 6) is 1.13. The van der Waals surface area contributed by atoms with E-state index in [1.165, 1.54) is 135 Å². The zero-order valence-electron chi connectivity index (χ0n) is 22.6. The molecular formula is C30H61NO. The summed E-state index contributed by atoms with van der Waals surface area (Å²) in [5, 5.41) is 9.43. The van der Waals surface area contributed by atoms with Crippen LogP contribution in [0.2, 0.25) is 0 Å². The van der Waals surface area contributed by atoms with Crippen molar-refractivity contribution in [1.29, 1.82) is 0 Å². The van der Waals surface area contributed by atoms with Gasteiger partial charge in [0.1, 0.15) is 0 Å². The Hall–Kier alpha value is -0.500. The van der Waals surface area contributed by atoms with Crippen LogP contribution >= 0.6 is 0 Å². The van der Waals surface area contributed by atoms with E-state index in [1.807, 2.05) is 0 Å². The molecule has 0 rings (SSSR count). The largest absolute Gasteiger partial charge is 0.513 e. The Morgan fingerprint density at radius 2 is 1.03 bits per heavy atom. The SMILES string of the molecule is C=C(O)CCCN(CCCCCCCCCCCC)CC(C)CCCCCCCCCC. The van der Waals surface area contributed by atoms with Gasteiger partial charge in [0, 0.05) is 13.0 Å². The van der Waals surface area contributed by atoms with Crippen LogP contribution in [0.4, 0.5) is 0 Å². The van der Waals surface area contributed by atoms with Crippen LogP contribution in [0.3, 0.4) is 0 Å². The molecule has 192 valence electrons. The lowest BCUT2D eigenvalue weighted by molar-refractivity contribution is 0.219. The first-order valence-electron chi connectivity index (χ1n) is 14.7. The lowest BCUT2D eigenvalue weighted by Crippen LogP contribution is -2.31. The van der Waals surface area contributed by atoms with Crippen molar-refractivity contribution < 1.29 is 5.11 Å². The van der Waals surface area contributed by atoms with E-state index in [4.69, 9.17) is 0 Å². The van der Waals surface area contributed by atoms with Crippen molar-refractivity contribution in [3.05, 3.63) is 12.3 Å². The van der Waals surface area contributed by atoms with Gasteiger partial charge in [-0.3, -0.25) is 0 Å². The Morgan fingerprint density at radius 3 is 1.50 bits per heavy atom. The summed E-state index contributed by atoms with van der Waals surface area (Å²) in [7, 11) is 0. The molecule has 2 nitrogen and oxygen atoms in total. The van der Waals surface area contributed by atoms with Gasteiger partial charge in [-0.1, -0.05) is 137 Å². The maximum Gasteiger partial charge on any atom is 0.0851 e. The minimum Gasteiger partial charge on any atom is -0.513 e. The van der Waals surface area contributed by atoms with E-state index in [9.17, 15) is 5.11 Å². The van der Waals surface area contributed by atoms with Crippen molar-refractivity contribution in [2.24, 2.45) is 5.92 Å². The molecule has 1 N–H and O–H groups in total. The Balaban J connectivity index is 3.90. The van der Waals surface area contributed by atoms with Crippen LogP contribution in [0.25, 0.3) is 0 Å². The molecule has 1 unspecified atom stereocenters. The molecule has 0 saturated heterocycles. The van der Waals surface area contributed by atoms with Gasteiger partial charge in [-0.25, -0.2) is 0 Å². The van der Waals surface area contributed by atoms with Gasteiger partial charge in [0.15, 0.2) is 0 Å². The Bertz CT molecular complexity index is 381. The fourth-order valence-electron chi connectivity index (χ4n) is 4.78. The zero-order valence-corrected chi connectivity index (χ0v) is 22.6. The van der Waals surface area contributed by atoms with Crippen LogP contribution in [0.5, 0.6) is 0 Å². The van der Waals surface area contributed by atoms with Crippen molar-refractivity contribution in [2.75, 3.05) is 19.6 Å². The molecule has 0 fully saturated rings. The van der Waals surface area contributed by atoms with Gasteiger partial charge >= 0.3 is 0 Å². The minimum atomic E-state index is 0.343. The summed E-state index contributed by atoms with van der Waals surface area (Å²) >= 11 is 0. The quantitative estimate of drug-likeness (QED) is 0.104. The number of rotatable bonds is 26. The number of aliphatic hydroxyl groups is 1. The summed E-state index contributed by atoms with van der Waals surface area (Å²) in [6.07, 6.45) is 28.5. The van der Waals surface area contributed by atoms with Crippen LogP contribution in [-0.4, -0.2) is 29.6 Å². The van der Waals surface area contributed by atoms with Crippen molar-refractivity contribution in [2.45, 2.75) is 156 Å². The maximum atomic E-state index is 9.43. The molecule has 0 amide bonds. The molecule has 0 aliphatic heterocycles. The lowest BCUT2D eigenvalue weighted by atomic mass is 10.0. The zero-order chi connectivity index (χ0) is 23.7. The second-order valence-electron chi connectivity index (χ2n) is 10.5. The smallest absolute Gasteiger partial charge is 0.0851 e. The third-order valence-corrected chi connectivity index (χ3v) is 6.89. The molecule has 2 heteroatoms. The molecule has 0 spiro atoms. The number of hydrogen-bond donors (Lipinski definition) is 1. The maximum absolute atomic E-state index is 9.43. The highest BCUT2D eigenvalue weighted by Gasteiger charge is 2.10. The van der Waals surface area contributed by atoms with E-state index in [2.05, 4.69) is 32.3 Å². The van der Waals surface area contributed by atoms with Crippen LogP contribution in [-0.2, 0) is 0 Å². The summed E-state index contributed by atoms with van der Waals surface area (Å²) in [5.41, 5.74) is 0. The normalized spacial score (nSPS) is 12.5. The molecule has 0 aromatic carbocycles. The van der Waals surface area contributed by atoms with Crippen LogP contribution in [0.15, 0.2) is 12.3 Å². The summed E-state index contributed by atoms with van der Waals surface area (Å²) < 4.78 is 0. The Labute approximate surface area is 203 Å². The van der Waals surface area contributed by atoms with E-state index < -0.39 is 0 Å². The second kappa shape index (κ2) is 25.1. The summed E-state index contributed by atoms with van der Waals surface area (Å²) in [4.78, 5) is 2.67. The topological polar surface area (TPSA) is 23.5 Å². The number of hydrogen-bond acceptors (Lipinski definition) is 2. The van der Waals surface area contributed by atoms with E-state index in [1.54, 1.807) is 0 Å². The van der Waals surface area contributed by atoms with Crippen LogP contribution in [0, 0.1) is 5.92 Å². The van der Waals surface area contributed by atoms with Crippen molar-refractivity contribution in [3.63, 3.8) is 0 Å². The highest BCUT2D eigenvalue weighted by Crippen LogP contribution is 2.16. The standard InChI is InChI=1S/C30H61NO/c1-5-7-9-11-13-15-16-18-20-22-26-31(27-23-25-30(4)32)28-29(3)24-21-19-17-14-12-10-8-6-2/h29,32H,4-28H2,1-3H3. The average Bonchev–Trinajstić information content (AvgIpc) is 2.76. The fourth-order valence-corrected chi connectivity index (χ4v) is 4.78. The third kappa shape index (κ3) is 24.1. The van der Waals surface area contributed by atoms with Crippen molar-refractivity contribution >= 4 is 0 Å². The summed E-state index contributed by atoms with van der Waals surface area (Å²) in [6, 6.07) is 0. The fraction of sp³-hybridized carbons (Fsp3) is 0.933. The highest BCUT2D eigenvalue weighted by atomic mass is 16.3. The van der Waals surface area contributed by atoms with E-state index in [-0.39, 0.29) is 0 Å². The van der Waals surface area contributed by atoms with E-state index in [0.717, 1.165) is 25.3 Å². The highest BCUT2D eigenvalue weighted by molar-refractivity contribution is 4.78. The predicted molar refractivity (Wildman–Crippen MR) is 146 cm³/mol. The van der Waals surface area contributed by atoms with Gasteiger partial charge in [-0.05, 0) is 38.3 Å². The van der Waals surface area contributed by atoms with Crippen LogP contribution < -0.4 is 0 Å². The Kier molecular flexibility index (Phi) is 24.7. The number of aliphatic hydroxyl groups excluding tert-OH is 1. The molecule has 0 aliphatic rings. The molecule has 0 heterocycles. The molecule has 1 atom stereocenters. The first-order chi connectivity index (χ1) is 15.6. The van der Waals surface area contributed by atoms with Gasteiger partial charge in [0.05, 0.1) is 5.76 Å². The van der Waals surface area contributed by atoms with Gasteiger partial charge in [0.2, 0.25) is 0 Å². The molecule has 0 aliphatic carbocycles. The first kappa shape index (κ1) is 31.5. The lowest BCUT2D eigenvalue weighted by Gasteiger charge is -2.26. The van der Waals surface area contributed by atoms with Crippen LogP contribution in [0.1, 0.15) is 156 Å². The molecule has 0 aromatic rings. The van der Waals surface area contributed by atoms with E-state index >= 15 is 0 Å². The third-order valence-electron chi connectivity index (χ3n) is 6.89. The van der Waals surface area contributed by atoms with Gasteiger partial charge in [-0.15, -0.1) is 0 Å². The Morgan fingerprint density at radius 1 is 0.625 bits per heavy atom. The van der Waals surface area contributed by atoms with Crippen molar-refractivity contribution in [3.8, 4) is 0 Å². The monoisotopic (exact) mass is 451 g/mol. The van der Waals surface area contributed by atoms with E-state index in [0.29, 0.717) is 5.76 Å². The first-order valence-corrected chi connectivity index (χ1v) is 14.7. The molecule has 0 radical (unpaired) electrons. The number of unbranched alkanes of at least 4 members (excludes halogenated alkanes) is 16. The number of nitrogens with zero attached hydrogens (tertiary/aromatic N) is 1. The second-order valence-corrected chi connectivity index (χ2v) is 10.5. The molecule has 0 bridgehead atoms. The average molecular weight is 452 g/mol. The van der Waals surface area contributed by atoms with Crippen molar-refractivity contribution in [1.82, 2.24) is 4.90 Å². The molecule has 0 saturated carbocycles. The molecule has 32 heavy (non-hydrogen) atoms.